The number of ether oxygens (including phenoxy) is 1. The molecule has 4 atom stereocenters. The number of benzene rings is 2. The lowest BCUT2D eigenvalue weighted by molar-refractivity contribution is -0.172. The average Bonchev–Trinajstić information content (AvgIpc) is 4.22. The van der Waals surface area contributed by atoms with Gasteiger partial charge in [-0.2, -0.15) is 0 Å². The Hall–Kier alpha value is -8.14. The highest BCUT2D eigenvalue weighted by molar-refractivity contribution is 6.12. The fraction of sp³-hybridized carbons (Fsp3) is 0.436. The highest BCUT2D eigenvalue weighted by Gasteiger charge is 2.46. The summed E-state index contributed by atoms with van der Waals surface area (Å²) < 4.78 is 22.3. The first-order valence-corrected chi connectivity index (χ1v) is 25.8. The van der Waals surface area contributed by atoms with Gasteiger partial charge in [0.05, 0.1) is 54.7 Å². The molecule has 0 spiro atoms. The van der Waals surface area contributed by atoms with Gasteiger partial charge >= 0.3 is 5.97 Å². The maximum absolute atomic E-state index is 15.6. The Labute approximate surface area is 442 Å². The second-order valence-electron chi connectivity index (χ2n) is 20.2. The van der Waals surface area contributed by atoms with Crippen LogP contribution in [0.2, 0.25) is 0 Å². The first-order chi connectivity index (χ1) is 36.7. The van der Waals surface area contributed by atoms with Crippen molar-refractivity contribution in [3.63, 3.8) is 0 Å². The molecule has 8 rings (SSSR count). The van der Waals surface area contributed by atoms with E-state index in [4.69, 9.17) is 9.72 Å². The maximum atomic E-state index is 15.6. The van der Waals surface area contributed by atoms with Crippen LogP contribution in [0.4, 0.5) is 4.39 Å². The van der Waals surface area contributed by atoms with Crippen molar-refractivity contribution < 1.29 is 57.4 Å². The van der Waals surface area contributed by atoms with E-state index in [9.17, 15) is 53.1 Å². The molecule has 3 aliphatic heterocycles. The van der Waals surface area contributed by atoms with Crippen molar-refractivity contribution in [2.75, 3.05) is 33.2 Å². The molecule has 0 saturated carbocycles. The molecule has 22 heteroatoms. The number of imide groups is 1. The number of amides is 8. The molecule has 1 aliphatic carbocycles. The van der Waals surface area contributed by atoms with Gasteiger partial charge in [0.15, 0.2) is 5.60 Å². The number of nitrogens with zero attached hydrogens (tertiary/aromatic N) is 4. The van der Waals surface area contributed by atoms with Gasteiger partial charge in [-0.3, -0.25) is 48.1 Å². The minimum absolute atomic E-state index is 0.0171. The van der Waals surface area contributed by atoms with Crippen LogP contribution in [0.5, 0.6) is 0 Å². The molecular weight excluding hydrogens is 998 g/mol. The fourth-order valence-electron chi connectivity index (χ4n) is 10.5. The maximum Gasteiger partial charge on any atom is 0.343 e. The zero-order valence-corrected chi connectivity index (χ0v) is 43.5. The SMILES string of the molecule is CC[C@@]1(O)C(=O)OCc2c1cc1n(c2=O)Cc2c-1nc1cc(F)c(C)c3c1c2[C@@H](N(C)C(=O)C(NC(=O)CNC(=O)[C@H](Cc1ccccc1)NC(=O)CNC(=O)CNC(=O)CCCCCN1C(=O)C=CC1=O)C(C)C)CC3. The Morgan fingerprint density at radius 2 is 1.55 bits per heavy atom. The van der Waals surface area contributed by atoms with E-state index in [0.29, 0.717) is 76.6 Å². The normalized spacial score (nSPS) is 17.7. The molecule has 5 heterocycles. The summed E-state index contributed by atoms with van der Waals surface area (Å²) in [7, 11) is 1.61. The highest BCUT2D eigenvalue weighted by Crippen LogP contribution is 2.47. The van der Waals surface area contributed by atoms with Gasteiger partial charge in [-0.1, -0.05) is 57.5 Å². The lowest BCUT2D eigenvalue weighted by Crippen LogP contribution is -2.55. The summed E-state index contributed by atoms with van der Waals surface area (Å²) in [5, 5.41) is 25.0. The number of esters is 1. The quantitative estimate of drug-likeness (QED) is 0.0347. The van der Waals surface area contributed by atoms with E-state index in [1.807, 2.05) is 0 Å². The number of cyclic esters (lactones) is 1. The summed E-state index contributed by atoms with van der Waals surface area (Å²) in [6.45, 7) is 5.21. The number of pyridine rings is 2. The van der Waals surface area contributed by atoms with Gasteiger partial charge in [0.1, 0.15) is 24.5 Å². The van der Waals surface area contributed by atoms with Crippen molar-refractivity contribution in [3.8, 4) is 11.4 Å². The molecule has 0 bridgehead atoms. The Bertz CT molecular complexity index is 3180. The van der Waals surface area contributed by atoms with E-state index in [0.717, 1.165) is 10.5 Å². The number of hydrogen-bond acceptors (Lipinski definition) is 13. The summed E-state index contributed by atoms with van der Waals surface area (Å²) in [6, 6.07) is 8.73. The van der Waals surface area contributed by atoms with Gasteiger partial charge in [0.25, 0.3) is 17.4 Å². The van der Waals surface area contributed by atoms with Gasteiger partial charge in [0.2, 0.25) is 35.4 Å². The van der Waals surface area contributed by atoms with Gasteiger partial charge in [0, 0.05) is 61.2 Å². The molecule has 0 fully saturated rings. The van der Waals surface area contributed by atoms with Crippen LogP contribution in [0.3, 0.4) is 0 Å². The van der Waals surface area contributed by atoms with Gasteiger partial charge in [-0.05, 0) is 73.3 Å². The summed E-state index contributed by atoms with van der Waals surface area (Å²) >= 11 is 0. The van der Waals surface area contributed by atoms with Gasteiger partial charge in [-0.25, -0.2) is 14.2 Å². The number of aliphatic hydroxyl groups is 1. The first kappa shape index (κ1) is 55.1. The van der Waals surface area contributed by atoms with Crippen molar-refractivity contribution in [3.05, 3.63) is 110 Å². The van der Waals surface area contributed by atoms with Crippen LogP contribution in [0.15, 0.2) is 59.4 Å². The van der Waals surface area contributed by atoms with Crippen LogP contribution in [-0.2, 0) is 79.5 Å². The Morgan fingerprint density at radius 1 is 0.870 bits per heavy atom. The molecule has 4 aromatic rings. The summed E-state index contributed by atoms with van der Waals surface area (Å²) in [6.07, 6.45) is 4.74. The molecular formula is C55H62FN9O12. The van der Waals surface area contributed by atoms with Crippen molar-refractivity contribution in [2.45, 2.75) is 116 Å². The number of rotatable bonds is 21. The number of unbranched alkanes of at least 4 members (excludes halogenated alkanes) is 2. The van der Waals surface area contributed by atoms with Crippen LogP contribution < -0.4 is 32.1 Å². The van der Waals surface area contributed by atoms with E-state index in [-0.39, 0.29) is 61.9 Å². The number of carbonyl (C=O) groups excluding carboxylic acids is 9. The molecule has 2 aromatic heterocycles. The smallest absolute Gasteiger partial charge is 0.343 e. The Morgan fingerprint density at radius 3 is 2.25 bits per heavy atom. The standard InChI is InChI=1S/C55H62FN9O12/c1-6-55(76)35-22-40-50-33(27-65(40)52(73)34(35)28-77-54(55)75)48-39(17-16-32-30(4)36(56)23-37(61-50)47(32)48)63(5)53(74)49(29(2)3)62-44(69)26-59-51(72)38(21-31-13-9-7-10-14-31)60-43(68)25-58-42(67)24-57-41(66)15-11-8-12-20-64-45(70)18-19-46(64)71/h7,9-10,13-14,18-19,22-23,29,38-39,49,76H,6,8,11-12,15-17,20-21,24-28H2,1-5H3,(H,57,66)(H,58,67)(H,59,72)(H,60,68)(H,62,69)/t38-,39-,49?,55-/m0/s1. The Balaban J connectivity index is 0.901. The minimum Gasteiger partial charge on any atom is -0.458 e. The van der Waals surface area contributed by atoms with Crippen LogP contribution in [-0.4, -0.2) is 123 Å². The number of halogens is 1. The molecule has 6 N–H and O–H groups in total. The lowest BCUT2D eigenvalue weighted by atomic mass is 9.81. The number of hydrogen-bond donors (Lipinski definition) is 6. The molecule has 0 saturated heterocycles. The molecule has 406 valence electrons. The zero-order chi connectivity index (χ0) is 55.5. The molecule has 21 nitrogen and oxygen atoms in total. The van der Waals surface area contributed by atoms with Crippen LogP contribution in [0, 0.1) is 18.7 Å². The average molecular weight is 1060 g/mol. The molecule has 4 aliphatic rings. The third kappa shape index (κ3) is 11.4. The lowest BCUT2D eigenvalue weighted by Gasteiger charge is -2.37. The van der Waals surface area contributed by atoms with Crippen molar-refractivity contribution in [1.29, 1.82) is 0 Å². The van der Waals surface area contributed by atoms with Crippen LogP contribution in [0.1, 0.15) is 104 Å². The highest BCUT2D eigenvalue weighted by atomic mass is 19.1. The third-order valence-electron chi connectivity index (χ3n) is 14.8. The topological polar surface area (TPSA) is 285 Å². The monoisotopic (exact) mass is 1060 g/mol. The van der Waals surface area contributed by atoms with E-state index in [1.165, 1.54) is 27.7 Å². The molecule has 77 heavy (non-hydrogen) atoms. The van der Waals surface area contributed by atoms with E-state index in [2.05, 4.69) is 26.6 Å². The number of fused-ring (bicyclic) bond motifs is 5. The van der Waals surface area contributed by atoms with Crippen LogP contribution in [0.25, 0.3) is 22.3 Å². The largest absolute Gasteiger partial charge is 0.458 e. The Kier molecular flexibility index (Phi) is 16.5. The number of carbonyl (C=O) groups is 9. The van der Waals surface area contributed by atoms with Gasteiger partial charge in [-0.15, -0.1) is 0 Å². The van der Waals surface area contributed by atoms with Crippen molar-refractivity contribution in [1.82, 2.24) is 45.9 Å². The second kappa shape index (κ2) is 23.0. The predicted octanol–water partition coefficient (Wildman–Crippen LogP) is 1.68. The third-order valence-corrected chi connectivity index (χ3v) is 14.8. The number of likely N-dealkylation sites (N-methyl/N-ethyl adjacent to an activating group) is 1. The van der Waals surface area contributed by atoms with Crippen molar-refractivity contribution >= 4 is 64.1 Å². The number of nitrogens with one attached hydrogen (secondary N) is 5. The predicted molar refractivity (Wildman–Crippen MR) is 275 cm³/mol. The number of aryl methyl sites for hydroxylation is 1. The second-order valence-corrected chi connectivity index (χ2v) is 20.2. The van der Waals surface area contributed by atoms with Crippen LogP contribution >= 0.6 is 0 Å². The van der Waals surface area contributed by atoms with Gasteiger partial charge < -0.3 is 45.9 Å². The fourth-order valence-corrected chi connectivity index (χ4v) is 10.5. The molecule has 0 radical (unpaired) electrons. The molecule has 1 unspecified atom stereocenters. The molecule has 2 aromatic carbocycles. The first-order valence-electron chi connectivity index (χ1n) is 25.8. The minimum atomic E-state index is -2.07. The summed E-state index contributed by atoms with van der Waals surface area (Å²) in [4.78, 5) is 138. The number of aromatic nitrogens is 2. The van der Waals surface area contributed by atoms with E-state index < -0.39 is 102 Å². The summed E-state index contributed by atoms with van der Waals surface area (Å²) in [5.74, 6) is -6.23. The summed E-state index contributed by atoms with van der Waals surface area (Å²) in [5.41, 5.74) is 1.77. The van der Waals surface area contributed by atoms with Crippen molar-refractivity contribution in [2.24, 2.45) is 5.92 Å². The van der Waals surface area contributed by atoms with E-state index in [1.54, 1.807) is 71.1 Å². The zero-order valence-electron chi connectivity index (χ0n) is 43.5. The molecule has 8 amide bonds. The van der Waals surface area contributed by atoms with E-state index >= 15 is 4.39 Å².